The molecule has 0 atom stereocenters. The Bertz CT molecular complexity index is 1160. The number of nitrogens with one attached hydrogen (secondary N) is 2. The zero-order valence-electron chi connectivity index (χ0n) is 18.1. The fourth-order valence-electron chi connectivity index (χ4n) is 2.39. The van der Waals surface area contributed by atoms with Crippen LogP contribution in [-0.2, 0) is 19.2 Å². The number of hydrogen-bond acceptors (Lipinski definition) is 6. The lowest BCUT2D eigenvalue weighted by molar-refractivity contribution is -0.136. The maximum atomic E-state index is 12.1. The van der Waals surface area contributed by atoms with E-state index in [2.05, 4.69) is 10.6 Å². The molecule has 0 fully saturated rings. The van der Waals surface area contributed by atoms with E-state index in [1.54, 1.807) is 0 Å². The number of esters is 2. The van der Waals surface area contributed by atoms with Gasteiger partial charge < -0.3 is 20.1 Å². The highest BCUT2D eigenvalue weighted by molar-refractivity contribution is 6.56. The van der Waals surface area contributed by atoms with Gasteiger partial charge in [-0.2, -0.15) is 0 Å². The Hall–Kier alpha value is -0.780. The minimum atomic E-state index is -0.969. The van der Waals surface area contributed by atoms with Gasteiger partial charge in [0, 0.05) is 12.8 Å². The second kappa shape index (κ2) is 14.7. The van der Waals surface area contributed by atoms with Crippen molar-refractivity contribution in [2.75, 3.05) is 13.1 Å². The highest BCUT2D eigenvalue weighted by atomic mass is 35.5. The number of amides is 2. The summed E-state index contributed by atoms with van der Waals surface area (Å²) in [5.41, 5.74) is 0. The predicted octanol–water partition coefficient (Wildman–Crippen LogP) is 7.74. The van der Waals surface area contributed by atoms with Crippen molar-refractivity contribution in [2.45, 2.75) is 12.8 Å². The van der Waals surface area contributed by atoms with Gasteiger partial charge in [-0.15, -0.1) is 0 Å². The van der Waals surface area contributed by atoms with Crippen LogP contribution in [0.4, 0.5) is 0 Å². The molecule has 0 aromatic heterocycles. The molecule has 38 heavy (non-hydrogen) atoms. The maximum absolute atomic E-state index is 12.1. The molecule has 0 saturated heterocycles. The van der Waals surface area contributed by atoms with E-state index in [1.807, 2.05) is 0 Å². The molecule has 0 heterocycles. The fraction of sp³-hybridized carbons (Fsp3) is 0.200. The number of hydrogen-bond donors (Lipinski definition) is 2. The molecule has 0 aliphatic carbocycles. The summed E-state index contributed by atoms with van der Waals surface area (Å²) in [6.45, 7) is -1.21. The van der Waals surface area contributed by atoms with Gasteiger partial charge in [0.25, 0.3) is 0 Å². The summed E-state index contributed by atoms with van der Waals surface area (Å²) in [6, 6.07) is 0. The van der Waals surface area contributed by atoms with E-state index in [-0.39, 0.29) is 74.6 Å². The van der Waals surface area contributed by atoms with Gasteiger partial charge in [-0.25, -0.2) is 9.59 Å². The van der Waals surface area contributed by atoms with Gasteiger partial charge in [0.1, 0.15) is 33.2 Å². The lowest BCUT2D eigenvalue weighted by Crippen LogP contribution is -2.35. The van der Waals surface area contributed by atoms with Crippen LogP contribution in [-0.4, -0.2) is 36.8 Å². The van der Waals surface area contributed by atoms with Crippen molar-refractivity contribution in [2.24, 2.45) is 0 Å². The van der Waals surface area contributed by atoms with Crippen LogP contribution < -0.4 is 20.1 Å². The molecule has 18 heteroatoms. The highest BCUT2D eigenvalue weighted by Gasteiger charge is 2.24. The standard InChI is InChI=1S/C20H10Cl10N2O6/c21-9-11(23)15(27)19(16(28)12(9)24)37-7(35)3-31-5(33)1-2-6(34)32-4-8(36)38-20-17(29)13(25)10(22)14(26)18(20)30/h1-4H2,(H,31,33)(H,32,34). The molecule has 2 aromatic rings. The second-order valence-corrected chi connectivity index (χ2v) is 10.6. The number of rotatable bonds is 9. The van der Waals surface area contributed by atoms with Crippen molar-refractivity contribution >= 4 is 140 Å². The van der Waals surface area contributed by atoms with Crippen LogP contribution in [0.3, 0.4) is 0 Å². The normalized spacial score (nSPS) is 10.7. The predicted molar refractivity (Wildman–Crippen MR) is 150 cm³/mol. The molecule has 0 unspecified atom stereocenters. The lowest BCUT2D eigenvalue weighted by Gasteiger charge is -2.13. The number of ether oxygens (including phenoxy) is 2. The average molecular weight is 729 g/mol. The largest absolute Gasteiger partial charge is 0.422 e. The minimum Gasteiger partial charge on any atom is -0.422 e. The minimum absolute atomic E-state index is 0.130. The van der Waals surface area contributed by atoms with Crippen molar-refractivity contribution in [3.05, 3.63) is 50.2 Å². The molecular weight excluding hydrogens is 719 g/mol. The molecule has 2 N–H and O–H groups in total. The smallest absolute Gasteiger partial charge is 0.330 e. The Morgan fingerprint density at radius 2 is 0.684 bits per heavy atom. The summed E-state index contributed by atoms with van der Waals surface area (Å²) in [5.74, 6) is -4.00. The summed E-state index contributed by atoms with van der Waals surface area (Å²) in [4.78, 5) is 48.1. The molecule has 2 amide bonds. The highest BCUT2D eigenvalue weighted by Crippen LogP contribution is 2.49. The van der Waals surface area contributed by atoms with Crippen LogP contribution in [0.2, 0.25) is 50.2 Å². The van der Waals surface area contributed by atoms with Gasteiger partial charge in [0.05, 0.1) is 30.1 Å². The number of carbonyl (C=O) groups is 4. The Balaban J connectivity index is 1.80. The van der Waals surface area contributed by atoms with Crippen LogP contribution in [0.5, 0.6) is 11.5 Å². The molecule has 206 valence electrons. The van der Waals surface area contributed by atoms with E-state index in [1.165, 1.54) is 0 Å². The first kappa shape index (κ1) is 33.4. The van der Waals surface area contributed by atoms with Gasteiger partial charge in [0.2, 0.25) is 11.8 Å². The third-order valence-electron chi connectivity index (χ3n) is 4.21. The van der Waals surface area contributed by atoms with Crippen molar-refractivity contribution in [1.82, 2.24) is 10.6 Å². The quantitative estimate of drug-likeness (QED) is 0.118. The molecule has 2 rings (SSSR count). The van der Waals surface area contributed by atoms with Crippen LogP contribution in [0.15, 0.2) is 0 Å². The third-order valence-corrected chi connectivity index (χ3v) is 8.69. The van der Waals surface area contributed by atoms with Crippen LogP contribution in [0.1, 0.15) is 12.8 Å². The lowest BCUT2D eigenvalue weighted by atomic mass is 10.3. The number of carbonyl (C=O) groups excluding carboxylic acids is 4. The van der Waals surface area contributed by atoms with Crippen molar-refractivity contribution < 1.29 is 28.7 Å². The van der Waals surface area contributed by atoms with Crippen molar-refractivity contribution in [3.8, 4) is 11.5 Å². The van der Waals surface area contributed by atoms with E-state index >= 15 is 0 Å². The SMILES string of the molecule is O=C(CCC(=O)NCC(=O)Oc1c(Cl)c(Cl)c(Cl)c(Cl)c1Cl)NCC(=O)Oc1c(Cl)c(Cl)c(Cl)c(Cl)c1Cl. The van der Waals surface area contributed by atoms with Gasteiger partial charge in [-0.3, -0.25) is 9.59 Å². The topological polar surface area (TPSA) is 111 Å². The molecule has 0 aliphatic heterocycles. The first-order chi connectivity index (χ1) is 17.7. The van der Waals surface area contributed by atoms with Crippen LogP contribution >= 0.6 is 116 Å². The number of halogens is 10. The molecular formula is C20H10Cl10N2O6. The molecule has 0 saturated carbocycles. The summed E-state index contributed by atoms with van der Waals surface area (Å²) >= 11 is 59.2. The van der Waals surface area contributed by atoms with Gasteiger partial charge >= 0.3 is 11.9 Å². The third kappa shape index (κ3) is 8.36. The Kier molecular flexibility index (Phi) is 13.0. The molecule has 0 radical (unpaired) electrons. The Morgan fingerprint density at radius 3 is 0.947 bits per heavy atom. The van der Waals surface area contributed by atoms with Crippen molar-refractivity contribution in [1.29, 1.82) is 0 Å². The van der Waals surface area contributed by atoms with Crippen LogP contribution in [0, 0.1) is 0 Å². The first-order valence-corrected chi connectivity index (χ1v) is 13.4. The fourth-order valence-corrected chi connectivity index (χ4v) is 4.79. The Labute approximate surface area is 264 Å². The van der Waals surface area contributed by atoms with E-state index in [4.69, 9.17) is 125 Å². The Morgan fingerprint density at radius 1 is 0.447 bits per heavy atom. The zero-order valence-corrected chi connectivity index (χ0v) is 25.6. The summed E-state index contributed by atoms with van der Waals surface area (Å²) in [6.07, 6.45) is -0.678. The van der Waals surface area contributed by atoms with E-state index in [9.17, 15) is 19.2 Å². The summed E-state index contributed by atoms with van der Waals surface area (Å²) in [5, 5.41) is 2.45. The summed E-state index contributed by atoms with van der Waals surface area (Å²) in [7, 11) is 0. The monoisotopic (exact) mass is 724 g/mol. The molecule has 0 aliphatic rings. The summed E-state index contributed by atoms with van der Waals surface area (Å²) < 4.78 is 10.0. The first-order valence-electron chi connectivity index (χ1n) is 9.64. The van der Waals surface area contributed by atoms with E-state index in [0.717, 1.165) is 0 Å². The number of benzene rings is 2. The van der Waals surface area contributed by atoms with Gasteiger partial charge in [0.15, 0.2) is 11.5 Å². The molecule has 0 bridgehead atoms. The second-order valence-electron chi connectivity index (χ2n) is 6.80. The molecule has 0 spiro atoms. The average Bonchev–Trinajstić information content (AvgIpc) is 2.89. The van der Waals surface area contributed by atoms with E-state index < -0.39 is 36.8 Å². The zero-order chi connectivity index (χ0) is 28.9. The van der Waals surface area contributed by atoms with Gasteiger partial charge in [-0.05, 0) is 0 Å². The van der Waals surface area contributed by atoms with Gasteiger partial charge in [-0.1, -0.05) is 116 Å². The molecule has 2 aromatic carbocycles. The van der Waals surface area contributed by atoms with E-state index in [0.29, 0.717) is 0 Å². The van der Waals surface area contributed by atoms with Crippen molar-refractivity contribution in [3.63, 3.8) is 0 Å². The van der Waals surface area contributed by atoms with Crippen LogP contribution in [0.25, 0.3) is 0 Å². The maximum Gasteiger partial charge on any atom is 0.330 e. The molecule has 8 nitrogen and oxygen atoms in total.